The van der Waals surface area contributed by atoms with Crippen LogP contribution in [0.4, 0.5) is 0 Å². The quantitative estimate of drug-likeness (QED) is 0.0364. The lowest BCUT2D eigenvalue weighted by Gasteiger charge is -2.41. The third-order valence-electron chi connectivity index (χ3n) is 23.1. The number of benzene rings is 7. The number of aliphatic hydroxyl groups is 7. The van der Waals surface area contributed by atoms with Crippen molar-refractivity contribution in [2.24, 2.45) is 0 Å². The Balaban J connectivity index is 1.03. The molecule has 17 bridgehead atoms. The zero-order chi connectivity index (χ0) is 92.5. The Kier molecular flexibility index (Phi) is 30.6. The fraction of sp³-hybridized carbons (Fsp3) is 0.427. The van der Waals surface area contributed by atoms with E-state index in [4.69, 9.17) is 56.4 Å². The number of rotatable bonds is 24. The Morgan fingerprint density at radius 1 is 0.543 bits per heavy atom. The third kappa shape index (κ3) is 21.7. The van der Waals surface area contributed by atoms with Crippen LogP contribution < -0.4 is 71.5 Å². The minimum absolute atomic E-state index is 0.0939. The molecule has 2 fully saturated rings. The lowest BCUT2D eigenvalue weighted by atomic mass is 9.89. The molecule has 38 nitrogen and oxygen atoms in total. The van der Waals surface area contributed by atoms with Crippen LogP contribution in [0.3, 0.4) is 0 Å². The number of nitrogens with one attached hydrogen (secondary N) is 9. The molecular weight excluding hydrogens is 1730 g/mol. The smallest absolute Gasteiger partial charge is 0.335 e. The van der Waals surface area contributed by atoms with E-state index < -0.39 is 271 Å². The first-order valence-corrected chi connectivity index (χ1v) is 42.9. The van der Waals surface area contributed by atoms with Crippen molar-refractivity contribution in [3.05, 3.63) is 164 Å². The number of halogens is 2. The number of carbonyl (C=O) groups is 9. The number of ether oxygens (including phenoxy) is 7. The van der Waals surface area contributed by atoms with Gasteiger partial charge in [-0.05, 0) is 147 Å². The molecule has 129 heavy (non-hydrogen) atoms. The first kappa shape index (κ1) is 94.7. The topological polar surface area (TPSA) is 573 Å². The number of hydrogen-bond donors (Lipinski definition) is 21. The number of amides is 8. The summed E-state index contributed by atoms with van der Waals surface area (Å²) in [5.74, 6) is -18.0. The van der Waals surface area contributed by atoms with Crippen LogP contribution in [0, 0.1) is 0 Å². The molecule has 15 rings (SSSR count). The van der Waals surface area contributed by atoms with Gasteiger partial charge in [0.2, 0.25) is 65.6 Å². The minimum Gasteiger partial charge on any atom is -0.508 e. The number of aliphatic hydroxyl groups excluding tert-OH is 7. The molecule has 7 aromatic carbocycles. The van der Waals surface area contributed by atoms with Crippen molar-refractivity contribution in [2.75, 3.05) is 40.8 Å². The highest BCUT2D eigenvalue weighted by atomic mass is 35.5. The van der Waals surface area contributed by atoms with E-state index in [2.05, 4.69) is 54.8 Å². The maximum atomic E-state index is 16.8. The van der Waals surface area contributed by atoms with Gasteiger partial charge in [-0.25, -0.2) is 4.79 Å². The van der Waals surface area contributed by atoms with Crippen LogP contribution in [0.5, 0.6) is 69.0 Å². The van der Waals surface area contributed by atoms with E-state index in [0.717, 1.165) is 124 Å². The van der Waals surface area contributed by atoms with E-state index in [9.17, 15) is 75.7 Å². The molecule has 8 aliphatic heterocycles. The van der Waals surface area contributed by atoms with Crippen LogP contribution in [0.25, 0.3) is 11.1 Å². The summed E-state index contributed by atoms with van der Waals surface area (Å²) in [5.41, 5.74) is -2.67. The molecule has 8 heterocycles. The SMILES string of the molecule is CCCCCCCCCCCCC(=O)NC1[C@H](Oc2c3cc4cc2Oc2ccc(cc2Cl)[C@@H](O)[C@@H]2NC(=O)[C@H](NC(=O)C4NC(=O)[C@@H]4NC(=O)C(Cc5ccc(cc5)O3)NC(=O)[C@H](NC)c3ccc(O)c(c3)Oc3cc(O)c(Cl)c4c3)c3ccc(O)c(c3)-c3c(OC4O[C@H](CO)C(O)[C@H](O)[C@@H]4O)cc(O)cc3C(C(=O)NCCCN(C)C)NC2=O)O[C@H](C(=O)O)C(O)[C@@H]1O. The lowest BCUT2D eigenvalue weighted by Crippen LogP contribution is -2.66. The number of carboxylic acid groups (broad SMARTS) is 1. The molecule has 0 radical (unpaired) electrons. The first-order valence-electron chi connectivity index (χ1n) is 42.1. The number of hydrogen-bond acceptors (Lipinski definition) is 29. The Hall–Kier alpha value is -11.9. The average Bonchev–Trinajstić information content (AvgIpc) is 0.754. The zero-order valence-corrected chi connectivity index (χ0v) is 71.8. The van der Waals surface area contributed by atoms with Gasteiger partial charge in [0, 0.05) is 48.2 Å². The number of carboxylic acids is 1. The standard InChI is InChI=1S/C89H102Cl2N10O28/c1-5-6-7-8-9-10-11-12-13-14-16-62(107)95-71-74(110)76(112)79(87(121)122)129-88(71)128-78-59-33-44-34-60(78)125-56-26-21-43(31-51(56)90)72(108)70-86(120)99-68(81(115)93-27-15-28-101(3)4)49-35-45(103)36-58(126-89-77(113)75(111)73(109)61(39-102)127-89)63(49)48-30-41(19-24-53(48)104)66(83(117)100-70)96-84(118)67(44)97-85(119)69-50-37-47(38-55(106)64(50)91)124-57-32-42(20-25-54(57)105)65(92-2)82(116)94-52(80(114)98-69)29-40-17-22-46(123-59)23-18-40/h17-26,30-38,52,61,65-77,79,88-89,92,102-106,108-113H,5-16,27-29,39H2,1-4H3,(H,93,115)(H,94,116)(H,95,107)(H,96,118)(H,97,119)(H,98,114)(H,99,120)(H,100,117)(H,121,122)/t52?,61-,65-,66-,67?,68?,69-,70+,71?,72-,73?,74-,75+,76?,77+,79+,88-,89?/m1/s1. The van der Waals surface area contributed by atoms with E-state index in [-0.39, 0.29) is 47.8 Å². The van der Waals surface area contributed by atoms with Gasteiger partial charge < -0.3 is 147 Å². The summed E-state index contributed by atoms with van der Waals surface area (Å²) < 4.78 is 44.5. The number of aromatic hydroxyl groups is 4. The van der Waals surface area contributed by atoms with Gasteiger partial charge in [-0.2, -0.15) is 0 Å². The molecule has 7 aromatic rings. The molecule has 8 aliphatic rings. The Bertz CT molecular complexity index is 5340. The predicted octanol–water partition coefficient (Wildman–Crippen LogP) is 4.70. The van der Waals surface area contributed by atoms with Gasteiger partial charge in [0.1, 0.15) is 131 Å². The summed E-state index contributed by atoms with van der Waals surface area (Å²) in [6.07, 6.45) is -12.3. The molecule has 0 aliphatic carbocycles. The van der Waals surface area contributed by atoms with Gasteiger partial charge in [0.15, 0.2) is 29.1 Å². The summed E-state index contributed by atoms with van der Waals surface area (Å²) in [6.45, 7) is 1.48. The van der Waals surface area contributed by atoms with Gasteiger partial charge in [-0.15, -0.1) is 0 Å². The summed E-state index contributed by atoms with van der Waals surface area (Å²) in [5, 5.41) is 161. The summed E-state index contributed by atoms with van der Waals surface area (Å²) >= 11 is 14.3. The molecule has 2 saturated heterocycles. The van der Waals surface area contributed by atoms with Crippen molar-refractivity contribution < 1.29 is 138 Å². The molecule has 40 heteroatoms. The predicted molar refractivity (Wildman–Crippen MR) is 457 cm³/mol. The second kappa shape index (κ2) is 41.7. The summed E-state index contributed by atoms with van der Waals surface area (Å²) in [7, 11) is 4.96. The van der Waals surface area contributed by atoms with Crippen molar-refractivity contribution in [3.8, 4) is 80.1 Å². The Morgan fingerprint density at radius 2 is 1.18 bits per heavy atom. The number of phenolic OH excluding ortho intramolecular Hbond substituents is 4. The summed E-state index contributed by atoms with van der Waals surface area (Å²) in [6, 6.07) is 5.71. The number of nitrogens with zero attached hydrogens (tertiary/aromatic N) is 1. The lowest BCUT2D eigenvalue weighted by molar-refractivity contribution is -0.277. The maximum absolute atomic E-state index is 16.8. The number of likely N-dealkylation sites (N-methyl/N-ethyl adjacent to an activating group) is 1. The molecule has 0 saturated carbocycles. The molecular formula is C89H102Cl2N10O28. The number of aliphatic carboxylic acids is 1. The largest absolute Gasteiger partial charge is 0.508 e. The summed E-state index contributed by atoms with van der Waals surface area (Å²) in [4.78, 5) is 140. The Morgan fingerprint density at radius 3 is 1.86 bits per heavy atom. The molecule has 690 valence electrons. The van der Waals surface area contributed by atoms with Crippen LogP contribution >= 0.6 is 23.2 Å². The van der Waals surface area contributed by atoms with Crippen LogP contribution in [0.2, 0.25) is 10.0 Å². The number of fused-ring (bicyclic) bond motifs is 14. The highest BCUT2D eigenvalue weighted by Crippen LogP contribution is 2.51. The van der Waals surface area contributed by atoms with Gasteiger partial charge in [0.25, 0.3) is 0 Å². The molecule has 7 unspecified atom stereocenters. The molecule has 0 spiro atoms. The molecule has 18 atom stereocenters. The average molecular weight is 1830 g/mol. The minimum atomic E-state index is -2.45. The number of unbranched alkanes of at least 4 members (excludes halogenated alkanes) is 9. The Labute approximate surface area is 748 Å². The van der Waals surface area contributed by atoms with Crippen LogP contribution in [0.15, 0.2) is 115 Å². The second-order valence-corrected chi connectivity index (χ2v) is 33.4. The van der Waals surface area contributed by atoms with Crippen molar-refractivity contribution >= 4 is 76.4 Å². The second-order valence-electron chi connectivity index (χ2n) is 32.6. The monoisotopic (exact) mass is 1830 g/mol. The van der Waals surface area contributed by atoms with Crippen molar-refractivity contribution in [2.45, 2.75) is 200 Å². The van der Waals surface area contributed by atoms with E-state index in [1.54, 1.807) is 19.0 Å². The normalized spacial score (nSPS) is 25.7. The number of carbonyl (C=O) groups excluding carboxylic acids is 8. The van der Waals surface area contributed by atoms with E-state index in [1.165, 1.54) is 49.5 Å². The van der Waals surface area contributed by atoms with Crippen molar-refractivity contribution in [1.82, 2.24) is 52.8 Å². The van der Waals surface area contributed by atoms with Crippen LogP contribution in [0.1, 0.15) is 159 Å². The maximum Gasteiger partial charge on any atom is 0.335 e. The van der Waals surface area contributed by atoms with Crippen molar-refractivity contribution in [1.29, 1.82) is 0 Å². The van der Waals surface area contributed by atoms with Gasteiger partial charge in [-0.1, -0.05) is 118 Å². The van der Waals surface area contributed by atoms with Gasteiger partial charge in [0.05, 0.1) is 16.7 Å². The van der Waals surface area contributed by atoms with E-state index in [1.807, 2.05) is 0 Å². The third-order valence-corrected chi connectivity index (χ3v) is 23.8. The fourth-order valence-corrected chi connectivity index (χ4v) is 16.6. The van der Waals surface area contributed by atoms with E-state index in [0.29, 0.717) is 24.9 Å². The highest BCUT2D eigenvalue weighted by molar-refractivity contribution is 6.33. The van der Waals surface area contributed by atoms with Gasteiger partial charge >= 0.3 is 5.97 Å². The van der Waals surface area contributed by atoms with Crippen molar-refractivity contribution in [3.63, 3.8) is 0 Å². The van der Waals surface area contributed by atoms with Gasteiger partial charge in [-0.3, -0.25) is 38.4 Å². The molecule has 0 aromatic heterocycles. The van der Waals surface area contributed by atoms with Crippen LogP contribution in [-0.2, 0) is 59.0 Å². The molecule has 21 N–H and O–H groups in total. The first-order chi connectivity index (χ1) is 61.7. The number of phenols is 4. The van der Waals surface area contributed by atoms with Crippen LogP contribution in [-0.4, -0.2) is 234 Å². The molecule has 8 amide bonds. The highest BCUT2D eigenvalue weighted by Gasteiger charge is 2.52. The fourth-order valence-electron chi connectivity index (χ4n) is 16.1. The van der Waals surface area contributed by atoms with E-state index >= 15 is 28.8 Å². The zero-order valence-electron chi connectivity index (χ0n) is 70.3.